The fourth-order valence-electron chi connectivity index (χ4n) is 2.62. The van der Waals surface area contributed by atoms with Gasteiger partial charge in [0.05, 0.1) is 16.2 Å². The quantitative estimate of drug-likeness (QED) is 0.785. The molecule has 2 aromatic carbocycles. The van der Waals surface area contributed by atoms with Crippen LogP contribution in [0.2, 0.25) is 5.02 Å². The van der Waals surface area contributed by atoms with Crippen LogP contribution < -0.4 is 10.7 Å². The Morgan fingerprint density at radius 1 is 1.28 bits per heavy atom. The normalized spacial score (nSPS) is 10.4. The van der Waals surface area contributed by atoms with Crippen molar-refractivity contribution in [3.63, 3.8) is 0 Å². The summed E-state index contributed by atoms with van der Waals surface area (Å²) >= 11 is 6.13. The fraction of sp³-hybridized carbons (Fsp3) is 0.105. The summed E-state index contributed by atoms with van der Waals surface area (Å²) < 4.78 is 1.59. The molecule has 0 aliphatic rings. The molecule has 0 saturated carbocycles. The zero-order valence-corrected chi connectivity index (χ0v) is 14.2. The summed E-state index contributed by atoms with van der Waals surface area (Å²) in [5.41, 5.74) is 1.77. The lowest BCUT2D eigenvalue weighted by atomic mass is 10.1. The SMILES string of the molecule is Cc1ccc(NC(=O)Cn2cc(C#N)c(=O)c3ccccc32)c(Cl)c1. The molecule has 5 nitrogen and oxygen atoms in total. The third-order valence-electron chi connectivity index (χ3n) is 3.82. The average Bonchev–Trinajstić information content (AvgIpc) is 2.60. The lowest BCUT2D eigenvalue weighted by Gasteiger charge is -2.12. The van der Waals surface area contributed by atoms with E-state index < -0.39 is 0 Å². The largest absolute Gasteiger partial charge is 0.336 e. The maximum absolute atomic E-state index is 12.4. The van der Waals surface area contributed by atoms with Crippen LogP contribution in [0.15, 0.2) is 53.5 Å². The molecule has 0 radical (unpaired) electrons. The highest BCUT2D eigenvalue weighted by Gasteiger charge is 2.12. The van der Waals surface area contributed by atoms with Crippen LogP contribution in [0.5, 0.6) is 0 Å². The number of para-hydroxylation sites is 1. The first-order chi connectivity index (χ1) is 12.0. The Labute approximate surface area is 149 Å². The number of nitrogens with zero attached hydrogens (tertiary/aromatic N) is 2. The number of nitriles is 1. The van der Waals surface area contributed by atoms with Crippen molar-refractivity contribution in [2.24, 2.45) is 0 Å². The molecule has 1 N–H and O–H groups in total. The molecule has 1 heterocycles. The molecular formula is C19H14ClN3O2. The first-order valence-corrected chi connectivity index (χ1v) is 7.95. The number of anilines is 1. The van der Waals surface area contributed by atoms with Gasteiger partial charge in [0.15, 0.2) is 0 Å². The van der Waals surface area contributed by atoms with Crippen LogP contribution in [0.1, 0.15) is 11.1 Å². The lowest BCUT2D eigenvalue weighted by molar-refractivity contribution is -0.116. The molecule has 124 valence electrons. The van der Waals surface area contributed by atoms with E-state index in [2.05, 4.69) is 5.32 Å². The van der Waals surface area contributed by atoms with Gasteiger partial charge in [-0.05, 0) is 36.8 Å². The Bertz CT molecular complexity index is 1080. The predicted octanol–water partition coefficient (Wildman–Crippen LogP) is 3.47. The van der Waals surface area contributed by atoms with Crippen molar-refractivity contribution in [3.05, 3.63) is 75.0 Å². The van der Waals surface area contributed by atoms with E-state index in [1.165, 1.54) is 6.20 Å². The minimum atomic E-state index is -0.337. The van der Waals surface area contributed by atoms with E-state index in [9.17, 15) is 9.59 Å². The number of nitrogens with one attached hydrogen (secondary N) is 1. The summed E-state index contributed by atoms with van der Waals surface area (Å²) in [5.74, 6) is -0.302. The lowest BCUT2D eigenvalue weighted by Crippen LogP contribution is -2.21. The maximum Gasteiger partial charge on any atom is 0.244 e. The van der Waals surface area contributed by atoms with Gasteiger partial charge in [0.1, 0.15) is 18.2 Å². The molecule has 6 heteroatoms. The number of hydrogen-bond acceptors (Lipinski definition) is 3. The third-order valence-corrected chi connectivity index (χ3v) is 4.13. The molecule has 0 atom stereocenters. The molecule has 0 aliphatic heterocycles. The number of hydrogen-bond donors (Lipinski definition) is 1. The number of carbonyl (C=O) groups excluding carboxylic acids is 1. The van der Waals surface area contributed by atoms with Crippen LogP contribution in [0.3, 0.4) is 0 Å². The fourth-order valence-corrected chi connectivity index (χ4v) is 2.90. The van der Waals surface area contributed by atoms with E-state index in [0.29, 0.717) is 21.6 Å². The van der Waals surface area contributed by atoms with Crippen molar-refractivity contribution in [2.45, 2.75) is 13.5 Å². The van der Waals surface area contributed by atoms with E-state index in [1.54, 1.807) is 41.0 Å². The van der Waals surface area contributed by atoms with Gasteiger partial charge in [0, 0.05) is 11.6 Å². The van der Waals surface area contributed by atoms with E-state index >= 15 is 0 Å². The molecular weight excluding hydrogens is 338 g/mol. The number of fused-ring (bicyclic) bond motifs is 1. The third kappa shape index (κ3) is 3.39. The Morgan fingerprint density at radius 3 is 2.76 bits per heavy atom. The molecule has 3 aromatic rings. The van der Waals surface area contributed by atoms with Crippen molar-refractivity contribution >= 4 is 34.1 Å². The minimum Gasteiger partial charge on any atom is -0.336 e. The number of halogens is 1. The van der Waals surface area contributed by atoms with Crippen molar-refractivity contribution in [2.75, 3.05) is 5.32 Å². The molecule has 0 saturated heterocycles. The molecule has 3 rings (SSSR count). The Morgan fingerprint density at radius 2 is 2.04 bits per heavy atom. The van der Waals surface area contributed by atoms with Gasteiger partial charge in [-0.2, -0.15) is 5.26 Å². The van der Waals surface area contributed by atoms with Crippen LogP contribution >= 0.6 is 11.6 Å². The van der Waals surface area contributed by atoms with Crippen molar-refractivity contribution in [1.29, 1.82) is 5.26 Å². The van der Waals surface area contributed by atoms with Gasteiger partial charge in [-0.3, -0.25) is 9.59 Å². The van der Waals surface area contributed by atoms with E-state index in [-0.39, 0.29) is 23.4 Å². The zero-order chi connectivity index (χ0) is 18.0. The molecule has 0 unspecified atom stereocenters. The molecule has 1 aromatic heterocycles. The highest BCUT2D eigenvalue weighted by molar-refractivity contribution is 6.33. The van der Waals surface area contributed by atoms with Gasteiger partial charge in [-0.25, -0.2) is 0 Å². The Balaban J connectivity index is 1.95. The van der Waals surface area contributed by atoms with E-state index in [4.69, 9.17) is 16.9 Å². The van der Waals surface area contributed by atoms with Gasteiger partial charge < -0.3 is 9.88 Å². The van der Waals surface area contributed by atoms with Crippen molar-refractivity contribution < 1.29 is 4.79 Å². The number of aryl methyl sites for hydroxylation is 1. The highest BCUT2D eigenvalue weighted by atomic mass is 35.5. The first-order valence-electron chi connectivity index (χ1n) is 7.58. The molecule has 1 amide bonds. The Hall–Kier alpha value is -3.10. The second kappa shape index (κ2) is 6.80. The van der Waals surface area contributed by atoms with Crippen molar-refractivity contribution in [3.8, 4) is 6.07 Å². The predicted molar refractivity (Wildman–Crippen MR) is 97.7 cm³/mol. The van der Waals surface area contributed by atoms with Gasteiger partial charge in [0.2, 0.25) is 11.3 Å². The van der Waals surface area contributed by atoms with Crippen LogP contribution in [0.25, 0.3) is 10.9 Å². The summed E-state index contributed by atoms with van der Waals surface area (Å²) in [7, 11) is 0. The van der Waals surface area contributed by atoms with Crippen LogP contribution in [-0.4, -0.2) is 10.5 Å². The molecule has 0 aliphatic carbocycles. The summed E-state index contributed by atoms with van der Waals surface area (Å²) in [6.45, 7) is 1.87. The first kappa shape index (κ1) is 16.7. The minimum absolute atomic E-state index is 0.000122. The van der Waals surface area contributed by atoms with Gasteiger partial charge in [-0.1, -0.05) is 29.8 Å². The van der Waals surface area contributed by atoms with Gasteiger partial charge in [-0.15, -0.1) is 0 Å². The summed E-state index contributed by atoms with van der Waals surface area (Å²) in [6, 6.07) is 14.1. The standard InChI is InChI=1S/C19H14ClN3O2/c1-12-6-7-16(15(20)8-12)22-18(24)11-23-10-13(9-21)19(25)14-4-2-3-5-17(14)23/h2-8,10H,11H2,1H3,(H,22,24). The molecule has 25 heavy (non-hydrogen) atoms. The second-order valence-corrected chi connectivity index (χ2v) is 6.07. The summed E-state index contributed by atoms with van der Waals surface area (Å²) in [6.07, 6.45) is 1.40. The van der Waals surface area contributed by atoms with Crippen LogP contribution in [-0.2, 0) is 11.3 Å². The summed E-state index contributed by atoms with van der Waals surface area (Å²) in [4.78, 5) is 24.6. The topological polar surface area (TPSA) is 74.9 Å². The molecule has 0 fully saturated rings. The van der Waals surface area contributed by atoms with Crippen LogP contribution in [0, 0.1) is 18.3 Å². The van der Waals surface area contributed by atoms with Crippen LogP contribution in [0.4, 0.5) is 5.69 Å². The second-order valence-electron chi connectivity index (χ2n) is 5.66. The van der Waals surface area contributed by atoms with Gasteiger partial charge >= 0.3 is 0 Å². The monoisotopic (exact) mass is 351 g/mol. The number of benzene rings is 2. The maximum atomic E-state index is 12.4. The smallest absolute Gasteiger partial charge is 0.244 e. The molecule has 0 spiro atoms. The number of rotatable bonds is 3. The van der Waals surface area contributed by atoms with E-state index in [1.807, 2.05) is 19.1 Å². The summed E-state index contributed by atoms with van der Waals surface area (Å²) in [5, 5.41) is 12.8. The average molecular weight is 352 g/mol. The highest BCUT2D eigenvalue weighted by Crippen LogP contribution is 2.22. The number of carbonyl (C=O) groups is 1. The molecule has 0 bridgehead atoms. The Kier molecular flexibility index (Phi) is 4.55. The number of amides is 1. The number of aromatic nitrogens is 1. The number of pyridine rings is 1. The van der Waals surface area contributed by atoms with E-state index in [0.717, 1.165) is 5.56 Å². The zero-order valence-electron chi connectivity index (χ0n) is 13.4. The van der Waals surface area contributed by atoms with Crippen molar-refractivity contribution in [1.82, 2.24) is 4.57 Å². The van der Waals surface area contributed by atoms with Gasteiger partial charge in [0.25, 0.3) is 0 Å².